The molecule has 10 heavy (non-hydrogen) atoms. The highest BCUT2D eigenvalue weighted by atomic mass is 16.3. The summed E-state index contributed by atoms with van der Waals surface area (Å²) in [6, 6.07) is 0. The Morgan fingerprint density at radius 1 is 1.00 bits per heavy atom. The lowest BCUT2D eigenvalue weighted by Gasteiger charge is -2.20. The molecule has 0 saturated carbocycles. The summed E-state index contributed by atoms with van der Waals surface area (Å²) in [5.41, 5.74) is 8.44. The van der Waals surface area contributed by atoms with E-state index in [2.05, 4.69) is 5.73 Å². The topological polar surface area (TPSA) is 113 Å². The molecule has 0 saturated heterocycles. The van der Waals surface area contributed by atoms with Crippen molar-refractivity contribution in [3.63, 3.8) is 0 Å². The smallest absolute Gasteiger partial charge is 0.0856 e. The van der Waals surface area contributed by atoms with Gasteiger partial charge in [0, 0.05) is 0 Å². The highest BCUT2D eigenvalue weighted by Crippen LogP contribution is 1.93. The Kier molecular flexibility index (Phi) is 8.62. The van der Waals surface area contributed by atoms with Crippen molar-refractivity contribution in [1.82, 2.24) is 0 Å². The number of hydrogen-bond donors (Lipinski definition) is 5. The molecule has 0 aromatic heterocycles. The largest absolute Gasteiger partial charge is 0.394 e. The van der Waals surface area contributed by atoms with Crippen LogP contribution in [0.4, 0.5) is 0 Å². The maximum atomic E-state index is 8.34. The molecule has 0 fully saturated rings. The molecule has 0 bridgehead atoms. The van der Waals surface area contributed by atoms with E-state index in [1.807, 2.05) is 0 Å². The van der Waals surface area contributed by atoms with E-state index < -0.39 is 25.4 Å². The summed E-state index contributed by atoms with van der Waals surface area (Å²) in [5, 5.41) is 25.0. The van der Waals surface area contributed by atoms with E-state index in [9.17, 15) is 0 Å². The molecule has 0 atom stereocenters. The number of nitrogens with two attached hydrogens (primary N) is 2. The van der Waals surface area contributed by atoms with Crippen LogP contribution in [0.1, 0.15) is 0 Å². The van der Waals surface area contributed by atoms with Crippen LogP contribution >= 0.6 is 0 Å². The van der Waals surface area contributed by atoms with Crippen LogP contribution in [0.15, 0.2) is 0 Å². The molecule has 0 amide bonds. The summed E-state index contributed by atoms with van der Waals surface area (Å²) in [7, 11) is 1.50. The average molecular weight is 152 g/mol. The predicted molar refractivity (Wildman–Crippen MR) is 38.3 cm³/mol. The molecule has 0 aliphatic carbocycles. The maximum absolute atomic E-state index is 8.34. The Bertz CT molecular complexity index is 57.6. The van der Waals surface area contributed by atoms with Crippen molar-refractivity contribution in [1.29, 1.82) is 0 Å². The van der Waals surface area contributed by atoms with Crippen molar-refractivity contribution in [3.05, 3.63) is 0 Å². The number of aliphatic hydroxyl groups excluding tert-OH is 3. The monoisotopic (exact) mass is 152 g/mol. The Morgan fingerprint density at radius 3 is 1.20 bits per heavy atom. The predicted octanol–water partition coefficient (Wildman–Crippen LogP) is -2.76. The Hall–Kier alpha value is -0.200. The van der Waals surface area contributed by atoms with Crippen molar-refractivity contribution in [2.45, 2.75) is 5.54 Å². The lowest BCUT2D eigenvalue weighted by atomic mass is 10.1. The zero-order chi connectivity index (χ0) is 8.62. The molecule has 0 spiro atoms. The fourth-order valence-corrected chi connectivity index (χ4v) is 0.150. The standard InChI is InChI=1S/C4H11NO3.CH5N/c5-4(1-6,2-7)3-8;1-2/h6-8H,1-3,5H2;2H2,1H3. The average Bonchev–Trinajstić information content (AvgIpc) is 2.07. The lowest BCUT2D eigenvalue weighted by molar-refractivity contribution is 0.0698. The first-order valence-corrected chi connectivity index (χ1v) is 2.88. The number of hydrogen-bond acceptors (Lipinski definition) is 5. The van der Waals surface area contributed by atoms with Gasteiger partial charge in [0.25, 0.3) is 0 Å². The van der Waals surface area contributed by atoms with Gasteiger partial charge in [-0.05, 0) is 7.05 Å². The Balaban J connectivity index is 0. The van der Waals surface area contributed by atoms with Gasteiger partial charge in [-0.1, -0.05) is 0 Å². The van der Waals surface area contributed by atoms with Gasteiger partial charge < -0.3 is 26.8 Å². The van der Waals surface area contributed by atoms with Crippen LogP contribution < -0.4 is 11.5 Å². The summed E-state index contributed by atoms with van der Waals surface area (Å²) < 4.78 is 0. The molecule has 0 aromatic rings. The second kappa shape index (κ2) is 6.91. The second-order valence-electron chi connectivity index (χ2n) is 1.84. The van der Waals surface area contributed by atoms with Gasteiger partial charge in [0.1, 0.15) is 0 Å². The van der Waals surface area contributed by atoms with E-state index in [1.54, 1.807) is 0 Å². The van der Waals surface area contributed by atoms with Crippen molar-refractivity contribution >= 4 is 0 Å². The first-order chi connectivity index (χ1) is 4.68. The quantitative estimate of drug-likeness (QED) is 0.300. The second-order valence-corrected chi connectivity index (χ2v) is 1.84. The van der Waals surface area contributed by atoms with Crippen LogP contribution in [0.3, 0.4) is 0 Å². The molecule has 0 aromatic carbocycles. The van der Waals surface area contributed by atoms with E-state index in [-0.39, 0.29) is 0 Å². The van der Waals surface area contributed by atoms with Gasteiger partial charge in [-0.3, -0.25) is 0 Å². The highest BCUT2D eigenvalue weighted by Gasteiger charge is 2.20. The van der Waals surface area contributed by atoms with Gasteiger partial charge in [-0.25, -0.2) is 0 Å². The maximum Gasteiger partial charge on any atom is 0.0856 e. The molecule has 64 valence electrons. The first-order valence-electron chi connectivity index (χ1n) is 2.88. The van der Waals surface area contributed by atoms with Crippen LogP contribution in [0, 0.1) is 0 Å². The normalized spacial score (nSPS) is 10.2. The van der Waals surface area contributed by atoms with Crippen molar-refractivity contribution in [2.75, 3.05) is 26.9 Å². The third-order valence-corrected chi connectivity index (χ3v) is 0.945. The Morgan fingerprint density at radius 2 is 1.20 bits per heavy atom. The summed E-state index contributed by atoms with van der Waals surface area (Å²) in [5.74, 6) is 0. The highest BCUT2D eigenvalue weighted by molar-refractivity contribution is 4.80. The minimum absolute atomic E-state index is 0.403. The summed E-state index contributed by atoms with van der Waals surface area (Å²) in [6.07, 6.45) is 0. The van der Waals surface area contributed by atoms with Crippen LogP contribution in [-0.4, -0.2) is 47.7 Å². The minimum Gasteiger partial charge on any atom is -0.394 e. The molecule has 0 heterocycles. The summed E-state index contributed by atoms with van der Waals surface area (Å²) >= 11 is 0. The molecule has 0 aliphatic heterocycles. The lowest BCUT2D eigenvalue weighted by Crippen LogP contribution is -2.50. The molecule has 7 N–H and O–H groups in total. The van der Waals surface area contributed by atoms with Gasteiger partial charge in [0.2, 0.25) is 0 Å². The number of rotatable bonds is 3. The molecule has 0 radical (unpaired) electrons. The molecule has 0 aliphatic rings. The Labute approximate surface area is 60.3 Å². The molecule has 0 rings (SSSR count). The van der Waals surface area contributed by atoms with Gasteiger partial charge in [-0.15, -0.1) is 0 Å². The van der Waals surface area contributed by atoms with Crippen molar-refractivity contribution in [3.8, 4) is 0 Å². The zero-order valence-corrected chi connectivity index (χ0v) is 6.12. The van der Waals surface area contributed by atoms with Crippen LogP contribution in [0.2, 0.25) is 0 Å². The molecular formula is C5H16N2O3. The van der Waals surface area contributed by atoms with Gasteiger partial charge in [-0.2, -0.15) is 0 Å². The van der Waals surface area contributed by atoms with Gasteiger partial charge >= 0.3 is 0 Å². The third-order valence-electron chi connectivity index (χ3n) is 0.945. The van der Waals surface area contributed by atoms with E-state index >= 15 is 0 Å². The van der Waals surface area contributed by atoms with Crippen LogP contribution in [0.5, 0.6) is 0 Å². The zero-order valence-electron chi connectivity index (χ0n) is 6.12. The van der Waals surface area contributed by atoms with Gasteiger partial charge in [0.15, 0.2) is 0 Å². The van der Waals surface area contributed by atoms with Crippen molar-refractivity contribution < 1.29 is 15.3 Å². The molecular weight excluding hydrogens is 136 g/mol. The van der Waals surface area contributed by atoms with E-state index in [1.165, 1.54) is 7.05 Å². The summed E-state index contributed by atoms with van der Waals surface area (Å²) in [6.45, 7) is -1.21. The fraction of sp³-hybridized carbons (Fsp3) is 1.00. The SMILES string of the molecule is CN.NC(CO)(CO)CO. The first kappa shape index (κ1) is 12.5. The van der Waals surface area contributed by atoms with E-state index in [0.717, 1.165) is 0 Å². The fourth-order valence-electron chi connectivity index (χ4n) is 0.150. The third kappa shape index (κ3) is 4.66. The summed E-state index contributed by atoms with van der Waals surface area (Å²) in [4.78, 5) is 0. The van der Waals surface area contributed by atoms with E-state index in [0.29, 0.717) is 0 Å². The molecule has 5 heteroatoms. The molecule has 0 unspecified atom stereocenters. The van der Waals surface area contributed by atoms with Crippen LogP contribution in [0.25, 0.3) is 0 Å². The molecule has 5 nitrogen and oxygen atoms in total. The number of aliphatic hydroxyl groups is 3. The van der Waals surface area contributed by atoms with Crippen LogP contribution in [-0.2, 0) is 0 Å². The van der Waals surface area contributed by atoms with Crippen molar-refractivity contribution in [2.24, 2.45) is 11.5 Å². The van der Waals surface area contributed by atoms with Gasteiger partial charge in [0.05, 0.1) is 25.4 Å². The minimum atomic E-state index is -1.21. The van der Waals surface area contributed by atoms with E-state index in [4.69, 9.17) is 21.1 Å².